The van der Waals surface area contributed by atoms with Crippen LogP contribution in [0.3, 0.4) is 0 Å². The Bertz CT molecular complexity index is 558. The number of carbonyl (C=O) groups excluding carboxylic acids is 1. The average molecular weight is 288 g/mol. The van der Waals surface area contributed by atoms with E-state index in [4.69, 9.17) is 5.11 Å². The Hall–Kier alpha value is -2.04. The zero-order valence-electron chi connectivity index (χ0n) is 11.9. The Morgan fingerprint density at radius 2 is 2.00 bits per heavy atom. The number of carbonyl (C=O) groups is 2. The van der Waals surface area contributed by atoms with Crippen molar-refractivity contribution in [2.24, 2.45) is 5.92 Å². The third kappa shape index (κ3) is 2.86. The largest absolute Gasteiger partial charge is 0.478 e. The van der Waals surface area contributed by atoms with Gasteiger partial charge >= 0.3 is 12.0 Å². The highest BCUT2D eigenvalue weighted by Crippen LogP contribution is 2.36. The maximum absolute atomic E-state index is 12.4. The molecule has 1 saturated carbocycles. The maximum atomic E-state index is 12.4. The molecule has 1 aromatic rings. The van der Waals surface area contributed by atoms with Gasteiger partial charge in [-0.1, -0.05) is 18.9 Å². The molecule has 3 rings (SSSR count). The average Bonchev–Trinajstić information content (AvgIpc) is 2.91. The van der Waals surface area contributed by atoms with Gasteiger partial charge in [-0.05, 0) is 43.4 Å². The fourth-order valence-corrected chi connectivity index (χ4v) is 3.58. The number of fused-ring (bicyclic) bond motifs is 1. The second-order valence-corrected chi connectivity index (χ2v) is 5.91. The third-order valence-electron chi connectivity index (χ3n) is 4.63. The highest BCUT2D eigenvalue weighted by molar-refractivity contribution is 5.93. The van der Waals surface area contributed by atoms with Gasteiger partial charge in [-0.25, -0.2) is 9.59 Å². The molecule has 1 aliphatic heterocycles. The van der Waals surface area contributed by atoms with E-state index in [0.29, 0.717) is 17.6 Å². The summed E-state index contributed by atoms with van der Waals surface area (Å²) >= 11 is 0. The summed E-state index contributed by atoms with van der Waals surface area (Å²) in [7, 11) is 0. The molecule has 0 bridgehead atoms. The molecule has 2 N–H and O–H groups in total. The van der Waals surface area contributed by atoms with Gasteiger partial charge < -0.3 is 15.3 Å². The van der Waals surface area contributed by atoms with Gasteiger partial charge in [0, 0.05) is 18.3 Å². The quantitative estimate of drug-likeness (QED) is 0.878. The number of carboxylic acid groups (broad SMARTS) is 1. The Morgan fingerprint density at radius 1 is 1.19 bits per heavy atom. The number of likely N-dealkylation sites (tertiary alicyclic amines) is 1. The first kappa shape index (κ1) is 13.9. The van der Waals surface area contributed by atoms with Gasteiger partial charge in [-0.15, -0.1) is 0 Å². The summed E-state index contributed by atoms with van der Waals surface area (Å²) in [5.74, 6) is -0.338. The minimum Gasteiger partial charge on any atom is -0.478 e. The van der Waals surface area contributed by atoms with Crippen LogP contribution in [0.5, 0.6) is 0 Å². The molecule has 2 amide bonds. The first-order valence-corrected chi connectivity index (χ1v) is 7.56. The van der Waals surface area contributed by atoms with Crippen LogP contribution in [0.4, 0.5) is 10.5 Å². The van der Waals surface area contributed by atoms with Gasteiger partial charge in [0.2, 0.25) is 0 Å². The molecule has 1 aromatic carbocycles. The summed E-state index contributed by atoms with van der Waals surface area (Å²) in [6, 6.07) is 6.64. The molecule has 1 saturated heterocycles. The Balaban J connectivity index is 1.69. The van der Waals surface area contributed by atoms with Crippen molar-refractivity contribution in [2.45, 2.75) is 38.1 Å². The fraction of sp³-hybridized carbons (Fsp3) is 0.500. The van der Waals surface area contributed by atoms with Crippen LogP contribution in [0.1, 0.15) is 42.5 Å². The predicted octanol–water partition coefficient (Wildman–Crippen LogP) is 3.18. The van der Waals surface area contributed by atoms with E-state index < -0.39 is 5.97 Å². The lowest BCUT2D eigenvalue weighted by atomic mass is 9.85. The molecule has 5 heteroatoms. The molecule has 1 aliphatic carbocycles. The van der Waals surface area contributed by atoms with E-state index in [1.165, 1.54) is 31.4 Å². The monoisotopic (exact) mass is 288 g/mol. The minimum atomic E-state index is -0.986. The molecule has 0 spiro atoms. The van der Waals surface area contributed by atoms with Crippen molar-refractivity contribution in [3.8, 4) is 0 Å². The Kier molecular flexibility index (Phi) is 3.82. The second-order valence-electron chi connectivity index (χ2n) is 5.91. The van der Waals surface area contributed by atoms with Crippen LogP contribution in [0.15, 0.2) is 24.3 Å². The van der Waals surface area contributed by atoms with Gasteiger partial charge in [-0.3, -0.25) is 0 Å². The summed E-state index contributed by atoms with van der Waals surface area (Å²) in [6.07, 6.45) is 5.88. The molecular weight excluding hydrogens is 268 g/mol. The number of nitrogens with zero attached hydrogens (tertiary/aromatic N) is 1. The van der Waals surface area contributed by atoms with Crippen molar-refractivity contribution < 1.29 is 14.7 Å². The zero-order valence-corrected chi connectivity index (χ0v) is 11.9. The summed E-state index contributed by atoms with van der Waals surface area (Å²) in [6.45, 7) is 0.805. The normalized spacial score (nSPS) is 24.5. The highest BCUT2D eigenvalue weighted by atomic mass is 16.4. The molecule has 2 fully saturated rings. The van der Waals surface area contributed by atoms with Gasteiger partial charge in [0.25, 0.3) is 0 Å². The topological polar surface area (TPSA) is 69.6 Å². The van der Waals surface area contributed by atoms with Crippen LogP contribution in [0, 0.1) is 5.92 Å². The van der Waals surface area contributed by atoms with Crippen LogP contribution in [-0.2, 0) is 0 Å². The van der Waals surface area contributed by atoms with Crippen molar-refractivity contribution in [3.05, 3.63) is 29.8 Å². The van der Waals surface area contributed by atoms with Crippen LogP contribution in [0.25, 0.3) is 0 Å². The molecule has 21 heavy (non-hydrogen) atoms. The lowest BCUT2D eigenvalue weighted by molar-refractivity contribution is 0.0697. The van der Waals surface area contributed by atoms with Crippen molar-refractivity contribution in [3.63, 3.8) is 0 Å². The van der Waals surface area contributed by atoms with Gasteiger partial charge in [0.15, 0.2) is 0 Å². The van der Waals surface area contributed by atoms with E-state index >= 15 is 0 Å². The molecule has 2 unspecified atom stereocenters. The number of anilines is 1. The second kappa shape index (κ2) is 5.76. The number of carboxylic acids is 1. The number of hydrogen-bond donors (Lipinski definition) is 2. The molecule has 1 heterocycles. The number of hydrogen-bond acceptors (Lipinski definition) is 2. The number of nitrogens with one attached hydrogen (secondary N) is 1. The molecule has 0 radical (unpaired) electrons. The Labute approximate surface area is 123 Å². The number of urea groups is 1. The van der Waals surface area contributed by atoms with Gasteiger partial charge in [0.05, 0.1) is 5.56 Å². The summed E-state index contributed by atoms with van der Waals surface area (Å²) in [5, 5.41) is 11.8. The zero-order chi connectivity index (χ0) is 14.8. The molecular formula is C16H20N2O3. The number of rotatable bonds is 2. The number of amides is 2. The first-order chi connectivity index (χ1) is 10.1. The molecule has 2 aliphatic rings. The van der Waals surface area contributed by atoms with Crippen LogP contribution in [-0.4, -0.2) is 34.6 Å². The van der Waals surface area contributed by atoms with E-state index in [1.54, 1.807) is 12.1 Å². The molecule has 2 atom stereocenters. The first-order valence-electron chi connectivity index (χ1n) is 7.56. The van der Waals surface area contributed by atoms with Gasteiger partial charge in [0.1, 0.15) is 0 Å². The fourth-order valence-electron chi connectivity index (χ4n) is 3.58. The Morgan fingerprint density at radius 3 is 2.81 bits per heavy atom. The minimum absolute atomic E-state index is 0.105. The van der Waals surface area contributed by atoms with Crippen molar-refractivity contribution >= 4 is 17.7 Å². The van der Waals surface area contributed by atoms with E-state index in [-0.39, 0.29) is 11.6 Å². The van der Waals surface area contributed by atoms with Crippen LogP contribution >= 0.6 is 0 Å². The summed E-state index contributed by atoms with van der Waals surface area (Å²) in [5.41, 5.74) is 0.726. The molecule has 5 nitrogen and oxygen atoms in total. The highest BCUT2D eigenvalue weighted by Gasteiger charge is 2.38. The SMILES string of the molecule is O=C(O)c1cccc(NC(=O)N2CCC3CCCCC32)c1. The standard InChI is InChI=1S/C16H20N2O3/c19-15(20)12-5-3-6-13(10-12)17-16(21)18-9-8-11-4-1-2-7-14(11)18/h3,5-6,10-11,14H,1-2,4,7-9H2,(H,17,21)(H,19,20). The third-order valence-corrected chi connectivity index (χ3v) is 4.63. The lowest BCUT2D eigenvalue weighted by Crippen LogP contribution is -2.41. The predicted molar refractivity (Wildman–Crippen MR) is 79.5 cm³/mol. The van der Waals surface area contributed by atoms with Gasteiger partial charge in [-0.2, -0.15) is 0 Å². The van der Waals surface area contributed by atoms with Crippen molar-refractivity contribution in [1.82, 2.24) is 4.90 Å². The van der Waals surface area contributed by atoms with E-state index in [9.17, 15) is 9.59 Å². The number of benzene rings is 1. The van der Waals surface area contributed by atoms with Crippen LogP contribution < -0.4 is 5.32 Å². The van der Waals surface area contributed by atoms with E-state index in [0.717, 1.165) is 19.4 Å². The maximum Gasteiger partial charge on any atom is 0.335 e. The smallest absolute Gasteiger partial charge is 0.335 e. The summed E-state index contributed by atoms with van der Waals surface area (Å²) in [4.78, 5) is 25.3. The number of aromatic carboxylic acids is 1. The molecule has 112 valence electrons. The van der Waals surface area contributed by atoms with Crippen molar-refractivity contribution in [2.75, 3.05) is 11.9 Å². The lowest BCUT2D eigenvalue weighted by Gasteiger charge is -2.31. The van der Waals surface area contributed by atoms with E-state index in [2.05, 4.69) is 5.32 Å². The summed E-state index contributed by atoms with van der Waals surface area (Å²) < 4.78 is 0. The van der Waals surface area contributed by atoms with E-state index in [1.807, 2.05) is 4.90 Å². The van der Waals surface area contributed by atoms with Crippen molar-refractivity contribution in [1.29, 1.82) is 0 Å². The molecule has 0 aromatic heterocycles. The van der Waals surface area contributed by atoms with Crippen LogP contribution in [0.2, 0.25) is 0 Å².